The molecule has 116 valence electrons. The summed E-state index contributed by atoms with van der Waals surface area (Å²) in [5.41, 5.74) is -0.507. The molecule has 0 saturated carbocycles. The van der Waals surface area contributed by atoms with E-state index >= 15 is 0 Å². The second kappa shape index (κ2) is 6.51. The number of amides is 1. The molecule has 0 aliphatic heterocycles. The second-order valence-corrected chi connectivity index (χ2v) is 5.51. The lowest BCUT2D eigenvalue weighted by atomic mass is 9.86. The lowest BCUT2D eigenvalue weighted by Crippen LogP contribution is -2.49. The number of hydrogen-bond acceptors (Lipinski definition) is 3. The molecule has 1 atom stereocenters. The van der Waals surface area contributed by atoms with Gasteiger partial charge < -0.3 is 15.2 Å². The quantitative estimate of drug-likeness (QED) is 0.876. The fourth-order valence-electron chi connectivity index (χ4n) is 1.65. The van der Waals surface area contributed by atoms with Gasteiger partial charge in [0.2, 0.25) is 0 Å². The van der Waals surface area contributed by atoms with Crippen LogP contribution in [-0.4, -0.2) is 29.6 Å². The molecule has 0 radical (unpaired) electrons. The van der Waals surface area contributed by atoms with Gasteiger partial charge in [-0.25, -0.2) is 4.79 Å². The molecule has 0 aliphatic rings. The Hall–Kier alpha value is -2.18. The Morgan fingerprint density at radius 1 is 1.19 bits per heavy atom. The van der Waals surface area contributed by atoms with Gasteiger partial charge in [-0.05, 0) is 29.7 Å². The number of ether oxygens (including phenoxy) is 1. The van der Waals surface area contributed by atoms with Crippen molar-refractivity contribution in [1.29, 1.82) is 0 Å². The zero-order chi connectivity index (χ0) is 16.2. The van der Waals surface area contributed by atoms with E-state index in [4.69, 9.17) is 5.11 Å². The van der Waals surface area contributed by atoms with Crippen molar-refractivity contribution in [1.82, 2.24) is 5.32 Å². The standard InChI is InChI=1S/C14H17F2NO4/c1-14(2,3)10(12(19)20)17-11(18)8-4-6-9(7-5-8)21-13(15)16/h4-7,10,13H,1-3H3,(H,17,18)(H,19,20)/t10-/m1/s1. The number of halogens is 2. The van der Waals surface area contributed by atoms with E-state index in [0.717, 1.165) is 0 Å². The van der Waals surface area contributed by atoms with E-state index in [0.29, 0.717) is 0 Å². The Morgan fingerprint density at radius 2 is 1.71 bits per heavy atom. The van der Waals surface area contributed by atoms with Gasteiger partial charge in [0.05, 0.1) is 0 Å². The van der Waals surface area contributed by atoms with Gasteiger partial charge in [0.15, 0.2) is 0 Å². The summed E-state index contributed by atoms with van der Waals surface area (Å²) in [5, 5.41) is 11.5. The molecule has 1 amide bonds. The first-order valence-corrected chi connectivity index (χ1v) is 6.20. The van der Waals surface area contributed by atoms with Crippen LogP contribution < -0.4 is 10.1 Å². The van der Waals surface area contributed by atoms with E-state index < -0.39 is 29.9 Å². The van der Waals surface area contributed by atoms with Crippen molar-refractivity contribution in [3.63, 3.8) is 0 Å². The summed E-state index contributed by atoms with van der Waals surface area (Å²) < 4.78 is 28.2. The maximum Gasteiger partial charge on any atom is 0.387 e. The van der Waals surface area contributed by atoms with Crippen LogP contribution in [0.4, 0.5) is 8.78 Å². The molecule has 1 aromatic carbocycles. The predicted octanol–water partition coefficient (Wildman–Crippen LogP) is 2.52. The van der Waals surface area contributed by atoms with Crippen molar-refractivity contribution in [2.24, 2.45) is 5.41 Å². The fourth-order valence-corrected chi connectivity index (χ4v) is 1.65. The first-order chi connectivity index (χ1) is 9.61. The number of carboxylic acids is 1. The molecule has 7 heteroatoms. The van der Waals surface area contributed by atoms with Crippen molar-refractivity contribution in [2.75, 3.05) is 0 Å². The van der Waals surface area contributed by atoms with Crippen LogP contribution in [0.1, 0.15) is 31.1 Å². The molecule has 21 heavy (non-hydrogen) atoms. The number of rotatable bonds is 5. The number of nitrogens with one attached hydrogen (secondary N) is 1. The Balaban J connectivity index is 2.81. The minimum atomic E-state index is -2.94. The summed E-state index contributed by atoms with van der Waals surface area (Å²) in [6.45, 7) is 2.12. The third-order valence-electron chi connectivity index (χ3n) is 2.73. The maximum atomic E-state index is 12.0. The number of carbonyl (C=O) groups excluding carboxylic acids is 1. The Morgan fingerprint density at radius 3 is 2.10 bits per heavy atom. The van der Waals surface area contributed by atoms with E-state index in [9.17, 15) is 18.4 Å². The van der Waals surface area contributed by atoms with Gasteiger partial charge in [0, 0.05) is 5.56 Å². The average Bonchev–Trinajstić information content (AvgIpc) is 2.34. The Labute approximate surface area is 120 Å². The van der Waals surface area contributed by atoms with Gasteiger partial charge in [-0.2, -0.15) is 8.78 Å². The highest BCUT2D eigenvalue weighted by Gasteiger charge is 2.32. The molecule has 2 N–H and O–H groups in total. The number of alkyl halides is 2. The minimum Gasteiger partial charge on any atom is -0.480 e. The van der Waals surface area contributed by atoms with Gasteiger partial charge in [-0.15, -0.1) is 0 Å². The first-order valence-electron chi connectivity index (χ1n) is 6.20. The van der Waals surface area contributed by atoms with Crippen molar-refractivity contribution in [2.45, 2.75) is 33.4 Å². The normalized spacial score (nSPS) is 12.9. The third-order valence-corrected chi connectivity index (χ3v) is 2.73. The summed E-state index contributed by atoms with van der Waals surface area (Å²) in [6, 6.07) is 3.94. The Bertz CT molecular complexity index is 509. The SMILES string of the molecule is CC(C)(C)[C@H](NC(=O)c1ccc(OC(F)F)cc1)C(=O)O. The van der Waals surface area contributed by atoms with E-state index in [2.05, 4.69) is 10.1 Å². The topological polar surface area (TPSA) is 75.6 Å². The van der Waals surface area contributed by atoms with Crippen LogP contribution in [-0.2, 0) is 4.79 Å². The minimum absolute atomic E-state index is 0.0767. The highest BCUT2D eigenvalue weighted by atomic mass is 19.3. The van der Waals surface area contributed by atoms with E-state index in [1.165, 1.54) is 24.3 Å². The third kappa shape index (κ3) is 5.02. The smallest absolute Gasteiger partial charge is 0.387 e. The molecule has 0 heterocycles. The molecule has 0 unspecified atom stereocenters. The number of carboxylic acid groups (broad SMARTS) is 1. The molecule has 0 aromatic heterocycles. The summed E-state index contributed by atoms with van der Waals surface area (Å²) in [7, 11) is 0. The lowest BCUT2D eigenvalue weighted by molar-refractivity contribution is -0.142. The van der Waals surface area contributed by atoms with E-state index in [1.807, 2.05) is 0 Å². The number of aliphatic carboxylic acids is 1. The summed E-state index contributed by atoms with van der Waals surface area (Å²) in [4.78, 5) is 23.1. The fraction of sp³-hybridized carbons (Fsp3) is 0.429. The summed E-state index contributed by atoms with van der Waals surface area (Å²) >= 11 is 0. The van der Waals surface area contributed by atoms with Crippen LogP contribution in [0.25, 0.3) is 0 Å². The van der Waals surface area contributed by atoms with Gasteiger partial charge in [0.1, 0.15) is 11.8 Å². The van der Waals surface area contributed by atoms with Crippen LogP contribution in [0.3, 0.4) is 0 Å². The summed E-state index contributed by atoms with van der Waals surface area (Å²) in [5.74, 6) is -1.82. The van der Waals surface area contributed by atoms with Gasteiger partial charge in [-0.3, -0.25) is 4.79 Å². The molecule has 0 spiro atoms. The van der Waals surface area contributed by atoms with Crippen LogP contribution in [0.2, 0.25) is 0 Å². The molecular weight excluding hydrogens is 284 g/mol. The number of benzene rings is 1. The zero-order valence-corrected chi connectivity index (χ0v) is 11.9. The highest BCUT2D eigenvalue weighted by molar-refractivity contribution is 5.96. The predicted molar refractivity (Wildman–Crippen MR) is 71.4 cm³/mol. The van der Waals surface area contributed by atoms with Crippen molar-refractivity contribution in [3.05, 3.63) is 29.8 Å². The second-order valence-electron chi connectivity index (χ2n) is 5.51. The van der Waals surface area contributed by atoms with Crippen molar-refractivity contribution < 1.29 is 28.2 Å². The molecule has 0 saturated heterocycles. The van der Waals surface area contributed by atoms with Crippen molar-refractivity contribution in [3.8, 4) is 5.75 Å². The molecular formula is C14H17F2NO4. The van der Waals surface area contributed by atoms with Crippen LogP contribution in [0.15, 0.2) is 24.3 Å². The van der Waals surface area contributed by atoms with Crippen molar-refractivity contribution >= 4 is 11.9 Å². The first kappa shape index (κ1) is 16.9. The van der Waals surface area contributed by atoms with E-state index in [-0.39, 0.29) is 11.3 Å². The van der Waals surface area contributed by atoms with E-state index in [1.54, 1.807) is 20.8 Å². The monoisotopic (exact) mass is 301 g/mol. The molecule has 1 rings (SSSR count). The Kier molecular flexibility index (Phi) is 5.23. The molecule has 0 bridgehead atoms. The average molecular weight is 301 g/mol. The molecule has 0 fully saturated rings. The zero-order valence-electron chi connectivity index (χ0n) is 11.9. The molecule has 0 aliphatic carbocycles. The molecule has 5 nitrogen and oxygen atoms in total. The largest absolute Gasteiger partial charge is 0.480 e. The van der Waals surface area contributed by atoms with Gasteiger partial charge in [0.25, 0.3) is 5.91 Å². The van der Waals surface area contributed by atoms with Crippen LogP contribution in [0.5, 0.6) is 5.75 Å². The number of hydrogen-bond donors (Lipinski definition) is 2. The highest BCUT2D eigenvalue weighted by Crippen LogP contribution is 2.20. The molecule has 1 aromatic rings. The number of carbonyl (C=O) groups is 2. The van der Waals surface area contributed by atoms with Gasteiger partial charge >= 0.3 is 12.6 Å². The lowest BCUT2D eigenvalue weighted by Gasteiger charge is -2.27. The van der Waals surface area contributed by atoms with Crippen LogP contribution >= 0.6 is 0 Å². The van der Waals surface area contributed by atoms with Crippen LogP contribution in [0, 0.1) is 5.41 Å². The van der Waals surface area contributed by atoms with Gasteiger partial charge in [-0.1, -0.05) is 20.8 Å². The maximum absolute atomic E-state index is 12.0. The summed E-state index contributed by atoms with van der Waals surface area (Å²) in [6.07, 6.45) is 0.